The van der Waals surface area contributed by atoms with Gasteiger partial charge in [0.25, 0.3) is 0 Å². The van der Waals surface area contributed by atoms with E-state index in [2.05, 4.69) is 46.1 Å². The summed E-state index contributed by atoms with van der Waals surface area (Å²) in [6.45, 7) is 6.05. The van der Waals surface area contributed by atoms with E-state index in [9.17, 15) is 0 Å². The molecule has 0 aliphatic heterocycles. The lowest BCUT2D eigenvalue weighted by Gasteiger charge is -2.11. The summed E-state index contributed by atoms with van der Waals surface area (Å²) in [6, 6.07) is 12.0. The highest BCUT2D eigenvalue weighted by Gasteiger charge is 2.07. The first kappa shape index (κ1) is 16.0. The number of hydrogen-bond acceptors (Lipinski definition) is 3. The van der Waals surface area contributed by atoms with Crippen LogP contribution in [0, 0.1) is 0 Å². The van der Waals surface area contributed by atoms with Crippen LogP contribution >= 0.6 is 15.9 Å². The van der Waals surface area contributed by atoms with E-state index in [0.717, 1.165) is 41.8 Å². The number of aromatic nitrogens is 1. The first-order valence-corrected chi connectivity index (χ1v) is 8.15. The van der Waals surface area contributed by atoms with Gasteiger partial charge < -0.3 is 10.1 Å². The van der Waals surface area contributed by atoms with Gasteiger partial charge in [0.05, 0.1) is 4.47 Å². The standard InChI is InChI=1S/C17H21BrN2O/c1-3-7-14-10-13(12-19-4-2)11-17(20-14)21-16-9-6-5-8-15(16)18/h5-6,8-11,19H,3-4,7,12H2,1-2H3. The summed E-state index contributed by atoms with van der Waals surface area (Å²) in [5.74, 6) is 1.44. The smallest absolute Gasteiger partial charge is 0.219 e. The fourth-order valence-corrected chi connectivity index (χ4v) is 2.43. The molecule has 3 nitrogen and oxygen atoms in total. The summed E-state index contributed by atoms with van der Waals surface area (Å²) < 4.78 is 6.86. The van der Waals surface area contributed by atoms with Crippen LogP contribution in [0.25, 0.3) is 0 Å². The molecular weight excluding hydrogens is 328 g/mol. The molecule has 0 spiro atoms. The predicted molar refractivity (Wildman–Crippen MR) is 89.8 cm³/mol. The highest BCUT2D eigenvalue weighted by molar-refractivity contribution is 9.10. The molecule has 0 fully saturated rings. The molecule has 0 saturated carbocycles. The zero-order valence-corrected chi connectivity index (χ0v) is 14.1. The molecule has 2 rings (SSSR count). The Bertz CT molecular complexity index is 587. The number of para-hydroxylation sites is 1. The van der Waals surface area contributed by atoms with Gasteiger partial charge in [-0.3, -0.25) is 0 Å². The lowest BCUT2D eigenvalue weighted by Crippen LogP contribution is -2.12. The number of rotatable bonds is 7. The summed E-state index contributed by atoms with van der Waals surface area (Å²) in [7, 11) is 0. The Morgan fingerprint density at radius 3 is 2.71 bits per heavy atom. The zero-order valence-electron chi connectivity index (χ0n) is 12.5. The molecule has 1 aromatic carbocycles. The molecule has 0 atom stereocenters. The average molecular weight is 349 g/mol. The Hall–Kier alpha value is -1.39. The topological polar surface area (TPSA) is 34.1 Å². The molecule has 112 valence electrons. The fourth-order valence-electron chi connectivity index (χ4n) is 2.07. The van der Waals surface area contributed by atoms with Gasteiger partial charge in [-0.15, -0.1) is 0 Å². The monoisotopic (exact) mass is 348 g/mol. The lowest BCUT2D eigenvalue weighted by atomic mass is 10.1. The van der Waals surface area contributed by atoms with Gasteiger partial charge in [-0.1, -0.05) is 32.4 Å². The minimum absolute atomic E-state index is 0.653. The van der Waals surface area contributed by atoms with E-state index in [1.807, 2.05) is 30.3 Å². The third-order valence-corrected chi connectivity index (χ3v) is 3.71. The third kappa shape index (κ3) is 4.83. The Kier molecular flexibility index (Phi) is 6.21. The van der Waals surface area contributed by atoms with Crippen molar-refractivity contribution in [1.29, 1.82) is 0 Å². The fraction of sp³-hybridized carbons (Fsp3) is 0.353. The quantitative estimate of drug-likeness (QED) is 0.787. The maximum Gasteiger partial charge on any atom is 0.219 e. The highest BCUT2D eigenvalue weighted by atomic mass is 79.9. The summed E-state index contributed by atoms with van der Waals surface area (Å²) in [5.41, 5.74) is 2.28. The Morgan fingerprint density at radius 2 is 2.00 bits per heavy atom. The Morgan fingerprint density at radius 1 is 1.19 bits per heavy atom. The molecule has 1 aromatic heterocycles. The van der Waals surface area contributed by atoms with E-state index in [0.29, 0.717) is 5.88 Å². The molecule has 21 heavy (non-hydrogen) atoms. The van der Waals surface area contributed by atoms with Gasteiger partial charge in [-0.2, -0.15) is 0 Å². The van der Waals surface area contributed by atoms with Crippen molar-refractivity contribution in [3.63, 3.8) is 0 Å². The van der Waals surface area contributed by atoms with Crippen molar-refractivity contribution in [2.45, 2.75) is 33.2 Å². The highest BCUT2D eigenvalue weighted by Crippen LogP contribution is 2.29. The number of benzene rings is 1. The molecule has 1 N–H and O–H groups in total. The number of pyridine rings is 1. The SMILES string of the molecule is CCCc1cc(CNCC)cc(Oc2ccccc2Br)n1. The van der Waals surface area contributed by atoms with Crippen LogP contribution in [0.2, 0.25) is 0 Å². The number of nitrogens with one attached hydrogen (secondary N) is 1. The van der Waals surface area contributed by atoms with Crippen LogP contribution in [0.4, 0.5) is 0 Å². The third-order valence-electron chi connectivity index (χ3n) is 3.05. The van der Waals surface area contributed by atoms with E-state index in [1.165, 1.54) is 5.56 Å². The normalized spacial score (nSPS) is 10.6. The van der Waals surface area contributed by atoms with Crippen molar-refractivity contribution < 1.29 is 4.74 Å². The van der Waals surface area contributed by atoms with E-state index < -0.39 is 0 Å². The molecule has 1 heterocycles. The Labute approximate surface area is 134 Å². The van der Waals surface area contributed by atoms with Gasteiger partial charge in [0.15, 0.2) is 0 Å². The van der Waals surface area contributed by atoms with Crippen molar-refractivity contribution >= 4 is 15.9 Å². The molecular formula is C17H21BrN2O. The second-order valence-corrected chi connectivity index (χ2v) is 5.72. The minimum Gasteiger partial charge on any atom is -0.438 e. The number of aryl methyl sites for hydroxylation is 1. The van der Waals surface area contributed by atoms with Crippen LogP contribution < -0.4 is 10.1 Å². The van der Waals surface area contributed by atoms with E-state index in [-0.39, 0.29) is 0 Å². The maximum absolute atomic E-state index is 5.93. The van der Waals surface area contributed by atoms with E-state index in [4.69, 9.17) is 4.74 Å². The van der Waals surface area contributed by atoms with Crippen LogP contribution in [0.3, 0.4) is 0 Å². The second-order valence-electron chi connectivity index (χ2n) is 4.87. The van der Waals surface area contributed by atoms with Gasteiger partial charge in [0.1, 0.15) is 5.75 Å². The number of halogens is 1. The lowest BCUT2D eigenvalue weighted by molar-refractivity contribution is 0.456. The van der Waals surface area contributed by atoms with Crippen LogP contribution in [0.5, 0.6) is 11.6 Å². The van der Waals surface area contributed by atoms with Crippen molar-refractivity contribution in [2.24, 2.45) is 0 Å². The predicted octanol–water partition coefficient (Wildman–Crippen LogP) is 4.70. The van der Waals surface area contributed by atoms with Gasteiger partial charge in [-0.05, 0) is 52.7 Å². The van der Waals surface area contributed by atoms with Gasteiger partial charge >= 0.3 is 0 Å². The van der Waals surface area contributed by atoms with Crippen LogP contribution in [0.1, 0.15) is 31.5 Å². The maximum atomic E-state index is 5.93. The molecule has 0 bridgehead atoms. The number of ether oxygens (including phenoxy) is 1. The molecule has 0 radical (unpaired) electrons. The number of nitrogens with zero attached hydrogens (tertiary/aromatic N) is 1. The molecule has 0 saturated heterocycles. The summed E-state index contributed by atoms with van der Waals surface area (Å²) >= 11 is 3.50. The molecule has 0 amide bonds. The average Bonchev–Trinajstić information content (AvgIpc) is 2.48. The molecule has 2 aromatic rings. The van der Waals surface area contributed by atoms with E-state index >= 15 is 0 Å². The Balaban J connectivity index is 2.24. The van der Waals surface area contributed by atoms with Crippen molar-refractivity contribution in [1.82, 2.24) is 10.3 Å². The molecule has 0 aliphatic carbocycles. The molecule has 0 aliphatic rings. The first-order valence-electron chi connectivity index (χ1n) is 7.35. The van der Waals surface area contributed by atoms with Crippen molar-refractivity contribution in [3.8, 4) is 11.6 Å². The van der Waals surface area contributed by atoms with Crippen molar-refractivity contribution in [2.75, 3.05) is 6.54 Å². The molecule has 4 heteroatoms. The van der Waals surface area contributed by atoms with Gasteiger partial charge in [0, 0.05) is 18.3 Å². The van der Waals surface area contributed by atoms with Crippen LogP contribution in [-0.4, -0.2) is 11.5 Å². The summed E-state index contributed by atoms with van der Waals surface area (Å²) in [4.78, 5) is 4.60. The van der Waals surface area contributed by atoms with Crippen molar-refractivity contribution in [3.05, 3.63) is 52.1 Å². The first-order chi connectivity index (χ1) is 10.2. The summed E-state index contributed by atoms with van der Waals surface area (Å²) in [6.07, 6.45) is 2.04. The van der Waals surface area contributed by atoms with Gasteiger partial charge in [0.2, 0.25) is 5.88 Å². The van der Waals surface area contributed by atoms with Crippen LogP contribution in [-0.2, 0) is 13.0 Å². The molecule has 0 unspecified atom stereocenters. The summed E-state index contributed by atoms with van der Waals surface area (Å²) in [5, 5.41) is 3.34. The minimum atomic E-state index is 0.653. The van der Waals surface area contributed by atoms with Gasteiger partial charge in [-0.25, -0.2) is 4.98 Å². The van der Waals surface area contributed by atoms with Crippen LogP contribution in [0.15, 0.2) is 40.9 Å². The largest absolute Gasteiger partial charge is 0.438 e. The zero-order chi connectivity index (χ0) is 15.1. The van der Waals surface area contributed by atoms with E-state index in [1.54, 1.807) is 0 Å². The second kappa shape index (κ2) is 8.15. The number of hydrogen-bond donors (Lipinski definition) is 1.